The molecule has 3 rings (SSSR count). The number of halogens is 1. The number of carbonyl (C=O) groups excluding carboxylic acids is 1. The number of hydrogen-bond acceptors (Lipinski definition) is 6. The van der Waals surface area contributed by atoms with Crippen molar-refractivity contribution in [1.29, 1.82) is 0 Å². The number of carbonyl (C=O) groups is 1. The van der Waals surface area contributed by atoms with Crippen LogP contribution in [0.2, 0.25) is 5.02 Å². The van der Waals surface area contributed by atoms with Gasteiger partial charge in [0.15, 0.2) is 0 Å². The highest BCUT2D eigenvalue weighted by Crippen LogP contribution is 2.24. The van der Waals surface area contributed by atoms with Gasteiger partial charge in [-0.05, 0) is 42.9 Å². The first kappa shape index (κ1) is 20.9. The molecule has 0 bridgehead atoms. The van der Waals surface area contributed by atoms with Crippen LogP contribution in [0.3, 0.4) is 0 Å². The Morgan fingerprint density at radius 1 is 1.18 bits per heavy atom. The number of ketones is 1. The minimum Gasteiger partial charge on any atom is -0.368 e. The molecule has 1 fully saturated rings. The van der Waals surface area contributed by atoms with E-state index in [4.69, 9.17) is 16.3 Å². The van der Waals surface area contributed by atoms with Crippen molar-refractivity contribution in [1.82, 2.24) is 14.2 Å². The topological polar surface area (TPSA) is 79.8 Å². The van der Waals surface area contributed by atoms with Crippen molar-refractivity contribution < 1.29 is 17.9 Å². The van der Waals surface area contributed by atoms with E-state index in [1.165, 1.54) is 22.6 Å². The zero-order chi connectivity index (χ0) is 20.1. The fourth-order valence-electron chi connectivity index (χ4n) is 2.86. The molecule has 1 saturated heterocycles. The molecule has 2 heterocycles. The summed E-state index contributed by atoms with van der Waals surface area (Å²) >= 11 is 6.19. The molecular formula is C19H22ClN3O4S. The van der Waals surface area contributed by atoms with E-state index < -0.39 is 10.0 Å². The Kier molecular flexibility index (Phi) is 6.79. The lowest BCUT2D eigenvalue weighted by atomic mass is 10.2. The lowest BCUT2D eigenvalue weighted by Gasteiger charge is -2.31. The number of aromatic nitrogens is 1. The zero-order valence-electron chi connectivity index (χ0n) is 15.5. The average molecular weight is 424 g/mol. The van der Waals surface area contributed by atoms with E-state index in [1.807, 2.05) is 7.05 Å². The SMILES string of the molecule is CN1CCN(S(=O)(=O)c2ccc(Cl)c(COCC(=O)c3ccccn3)c2)CC1. The van der Waals surface area contributed by atoms with E-state index in [1.54, 1.807) is 24.3 Å². The number of sulfonamides is 1. The summed E-state index contributed by atoms with van der Waals surface area (Å²) in [6, 6.07) is 9.62. The second kappa shape index (κ2) is 9.11. The van der Waals surface area contributed by atoms with E-state index >= 15 is 0 Å². The lowest BCUT2D eigenvalue weighted by Crippen LogP contribution is -2.47. The Labute approximate surface area is 169 Å². The highest BCUT2D eigenvalue weighted by Gasteiger charge is 2.27. The van der Waals surface area contributed by atoms with E-state index in [0.717, 1.165) is 0 Å². The minimum atomic E-state index is -3.59. The molecule has 0 N–H and O–H groups in total. The van der Waals surface area contributed by atoms with Crippen molar-refractivity contribution in [2.45, 2.75) is 11.5 Å². The highest BCUT2D eigenvalue weighted by molar-refractivity contribution is 7.89. The summed E-state index contributed by atoms with van der Waals surface area (Å²) in [6.45, 7) is 2.15. The highest BCUT2D eigenvalue weighted by atomic mass is 35.5. The fourth-order valence-corrected chi connectivity index (χ4v) is 4.50. The van der Waals surface area contributed by atoms with Gasteiger partial charge in [0.1, 0.15) is 12.3 Å². The average Bonchev–Trinajstić information content (AvgIpc) is 2.70. The first-order chi connectivity index (χ1) is 13.4. The molecule has 150 valence electrons. The Hall–Kier alpha value is -1.84. The molecule has 0 atom stereocenters. The number of pyridine rings is 1. The van der Waals surface area contributed by atoms with Gasteiger partial charge in [-0.2, -0.15) is 4.31 Å². The molecule has 0 radical (unpaired) electrons. The summed E-state index contributed by atoms with van der Waals surface area (Å²) in [5.41, 5.74) is 0.839. The summed E-state index contributed by atoms with van der Waals surface area (Å²) in [4.78, 5) is 18.3. The van der Waals surface area contributed by atoms with Gasteiger partial charge in [0.05, 0.1) is 11.5 Å². The normalized spacial score (nSPS) is 16.2. The monoisotopic (exact) mass is 423 g/mol. The summed E-state index contributed by atoms with van der Waals surface area (Å²) < 4.78 is 32.7. The Bertz CT molecular complexity index is 929. The third-order valence-corrected chi connectivity index (χ3v) is 6.82. The van der Waals surface area contributed by atoms with Crippen molar-refractivity contribution in [2.75, 3.05) is 39.8 Å². The Balaban J connectivity index is 1.67. The predicted octanol–water partition coefficient (Wildman–Crippen LogP) is 2.07. The summed E-state index contributed by atoms with van der Waals surface area (Å²) in [7, 11) is -1.63. The van der Waals surface area contributed by atoms with Gasteiger partial charge in [-0.25, -0.2) is 8.42 Å². The van der Waals surface area contributed by atoms with Crippen molar-refractivity contribution >= 4 is 27.4 Å². The van der Waals surface area contributed by atoms with Crippen molar-refractivity contribution in [3.8, 4) is 0 Å². The van der Waals surface area contributed by atoms with Crippen LogP contribution in [0.5, 0.6) is 0 Å². The van der Waals surface area contributed by atoms with Gasteiger partial charge in [0.2, 0.25) is 15.8 Å². The van der Waals surface area contributed by atoms with Crippen LogP contribution in [0.1, 0.15) is 16.1 Å². The van der Waals surface area contributed by atoms with Crippen LogP contribution in [0.15, 0.2) is 47.5 Å². The molecule has 1 aliphatic rings. The second-order valence-electron chi connectivity index (χ2n) is 6.59. The van der Waals surface area contributed by atoms with Crippen molar-refractivity contribution in [2.24, 2.45) is 0 Å². The molecule has 0 saturated carbocycles. The minimum absolute atomic E-state index is 0.0313. The van der Waals surface area contributed by atoms with Crippen LogP contribution in [0.4, 0.5) is 0 Å². The third kappa shape index (κ3) is 4.95. The third-order valence-electron chi connectivity index (χ3n) is 4.56. The van der Waals surface area contributed by atoms with E-state index in [9.17, 15) is 13.2 Å². The number of piperazine rings is 1. The zero-order valence-corrected chi connectivity index (χ0v) is 17.1. The number of ether oxygens (including phenoxy) is 1. The number of benzene rings is 1. The Morgan fingerprint density at radius 3 is 2.61 bits per heavy atom. The summed E-state index contributed by atoms with van der Waals surface area (Å²) in [6.07, 6.45) is 1.54. The largest absolute Gasteiger partial charge is 0.368 e. The van der Waals surface area contributed by atoms with Crippen LogP contribution in [0.25, 0.3) is 0 Å². The first-order valence-corrected chi connectivity index (χ1v) is 10.7. The van der Waals surface area contributed by atoms with Gasteiger partial charge in [0, 0.05) is 37.4 Å². The molecule has 0 aliphatic carbocycles. The van der Waals surface area contributed by atoms with E-state index in [-0.39, 0.29) is 23.9 Å². The number of Topliss-reactive ketones (excluding diaryl/α,β-unsaturated/α-hetero) is 1. The predicted molar refractivity (Wildman–Crippen MR) is 106 cm³/mol. The molecular weight excluding hydrogens is 402 g/mol. The van der Waals surface area contributed by atoms with Gasteiger partial charge in [0.25, 0.3) is 0 Å². The maximum absolute atomic E-state index is 12.9. The number of nitrogens with zero attached hydrogens (tertiary/aromatic N) is 3. The maximum atomic E-state index is 12.9. The van der Waals surface area contributed by atoms with Gasteiger partial charge in [-0.15, -0.1) is 0 Å². The van der Waals surface area contributed by atoms with Crippen LogP contribution >= 0.6 is 11.6 Å². The molecule has 0 amide bonds. The fraction of sp³-hybridized carbons (Fsp3) is 0.368. The molecule has 1 aromatic heterocycles. The van der Waals surface area contributed by atoms with Crippen LogP contribution in [-0.2, 0) is 21.4 Å². The number of rotatable bonds is 7. The second-order valence-corrected chi connectivity index (χ2v) is 8.94. The van der Waals surface area contributed by atoms with Crippen molar-refractivity contribution in [3.63, 3.8) is 0 Å². The lowest BCUT2D eigenvalue weighted by molar-refractivity contribution is 0.0721. The summed E-state index contributed by atoms with van der Waals surface area (Å²) in [5.74, 6) is -0.252. The van der Waals surface area contributed by atoms with Crippen molar-refractivity contribution in [3.05, 3.63) is 58.9 Å². The van der Waals surface area contributed by atoms with Gasteiger partial charge >= 0.3 is 0 Å². The first-order valence-electron chi connectivity index (χ1n) is 8.87. The quantitative estimate of drug-likeness (QED) is 0.634. The van der Waals surface area contributed by atoms with E-state index in [2.05, 4.69) is 9.88 Å². The molecule has 0 spiro atoms. The molecule has 1 aromatic carbocycles. The molecule has 2 aromatic rings. The molecule has 9 heteroatoms. The smallest absolute Gasteiger partial charge is 0.243 e. The van der Waals surface area contributed by atoms with E-state index in [0.29, 0.717) is 42.5 Å². The molecule has 28 heavy (non-hydrogen) atoms. The van der Waals surface area contributed by atoms with Gasteiger partial charge < -0.3 is 9.64 Å². The summed E-state index contributed by atoms with van der Waals surface area (Å²) in [5, 5.41) is 0.391. The van der Waals surface area contributed by atoms with Crippen LogP contribution in [-0.4, -0.2) is 68.2 Å². The van der Waals surface area contributed by atoms with Gasteiger partial charge in [-0.1, -0.05) is 17.7 Å². The maximum Gasteiger partial charge on any atom is 0.243 e. The van der Waals surface area contributed by atoms with Crippen LogP contribution in [0, 0.1) is 0 Å². The van der Waals surface area contributed by atoms with Gasteiger partial charge in [-0.3, -0.25) is 9.78 Å². The standard InChI is InChI=1S/C19H22ClN3O4S/c1-22-8-10-23(11-9-22)28(25,26)16-5-6-17(20)15(12-16)13-27-14-19(24)18-4-2-3-7-21-18/h2-7,12H,8-11,13-14H2,1H3. The van der Waals surface area contributed by atoms with Crippen LogP contribution < -0.4 is 0 Å². The Morgan fingerprint density at radius 2 is 1.93 bits per heavy atom. The molecule has 0 unspecified atom stereocenters. The molecule has 1 aliphatic heterocycles. The molecule has 7 nitrogen and oxygen atoms in total. The number of likely N-dealkylation sites (N-methyl/N-ethyl adjacent to an activating group) is 1. The number of hydrogen-bond donors (Lipinski definition) is 0.